The van der Waals surface area contributed by atoms with E-state index in [2.05, 4.69) is 10.2 Å². The van der Waals surface area contributed by atoms with Crippen LogP contribution in [-0.4, -0.2) is 35.5 Å². The average Bonchev–Trinajstić information content (AvgIpc) is 2.42. The summed E-state index contributed by atoms with van der Waals surface area (Å²) in [5, 5.41) is 17.5. The first-order valence-electron chi connectivity index (χ1n) is 5.79. The fourth-order valence-electron chi connectivity index (χ4n) is 2.04. The van der Waals surface area contributed by atoms with Gasteiger partial charge in [0.25, 0.3) is 0 Å². The molecule has 0 fully saturated rings. The molecule has 100 valence electrons. The third-order valence-electron chi connectivity index (χ3n) is 3.11. The summed E-state index contributed by atoms with van der Waals surface area (Å²) in [5.74, 6) is 0. The third-order valence-corrected chi connectivity index (χ3v) is 3.56. The molecule has 1 aromatic carbocycles. The summed E-state index contributed by atoms with van der Waals surface area (Å²) in [6.45, 7) is 0.480. The van der Waals surface area contributed by atoms with Crippen molar-refractivity contribution in [3.05, 3.63) is 46.7 Å². The van der Waals surface area contributed by atoms with E-state index in [4.69, 9.17) is 23.2 Å². The molecule has 0 bridgehead atoms. The molecular weight excluding hydrogens is 285 g/mol. The van der Waals surface area contributed by atoms with Crippen molar-refractivity contribution < 1.29 is 5.11 Å². The summed E-state index contributed by atoms with van der Waals surface area (Å²) < 4.78 is 0.311. The summed E-state index contributed by atoms with van der Waals surface area (Å²) in [4.78, 5) is 0. The maximum atomic E-state index is 9.36. The third kappa shape index (κ3) is 2.87. The molecule has 0 spiro atoms. The lowest BCUT2D eigenvalue weighted by molar-refractivity contribution is 0.256. The van der Waals surface area contributed by atoms with Gasteiger partial charge in [0.1, 0.15) is 12.2 Å². The molecule has 0 saturated heterocycles. The molecule has 1 atom stereocenters. The van der Waals surface area contributed by atoms with Crippen molar-refractivity contribution in [3.63, 3.8) is 0 Å². The van der Waals surface area contributed by atoms with Crippen LogP contribution in [0, 0.1) is 0 Å². The molecule has 19 heavy (non-hydrogen) atoms. The quantitative estimate of drug-likeness (QED) is 0.883. The number of nitrogens with zero attached hydrogens (tertiary/aromatic N) is 3. The standard InChI is InChI=1S/C13H14Cl2N3O/c1-18(7-8-19,10-5-3-2-4-6-10)11-9-12(14)16-17-13(11)15/h2-6,9,19H,7-8H2,1H3/q+1. The van der Waals surface area contributed by atoms with E-state index in [1.54, 1.807) is 6.07 Å². The first kappa shape index (κ1) is 14.2. The Bertz CT molecular complexity index is 565. The predicted molar refractivity (Wildman–Crippen MR) is 77.8 cm³/mol. The van der Waals surface area contributed by atoms with Gasteiger partial charge in [-0.15, -0.1) is 10.2 Å². The van der Waals surface area contributed by atoms with Crippen molar-refractivity contribution in [1.29, 1.82) is 0 Å². The zero-order valence-electron chi connectivity index (χ0n) is 10.4. The Kier molecular flexibility index (Phi) is 4.37. The van der Waals surface area contributed by atoms with E-state index >= 15 is 0 Å². The Balaban J connectivity index is 2.59. The van der Waals surface area contributed by atoms with Crippen LogP contribution in [-0.2, 0) is 0 Å². The largest absolute Gasteiger partial charge is 0.390 e. The molecule has 2 rings (SSSR count). The Morgan fingerprint density at radius 1 is 1.16 bits per heavy atom. The Labute approximate surface area is 121 Å². The number of aromatic nitrogens is 2. The number of aliphatic hydroxyl groups is 1. The van der Waals surface area contributed by atoms with Gasteiger partial charge in [0.2, 0.25) is 5.15 Å². The van der Waals surface area contributed by atoms with Crippen LogP contribution in [0.25, 0.3) is 0 Å². The number of aliphatic hydroxyl groups excluding tert-OH is 1. The summed E-state index contributed by atoms with van der Waals surface area (Å²) in [7, 11) is 1.95. The maximum Gasteiger partial charge on any atom is 0.213 e. The second-order valence-electron chi connectivity index (χ2n) is 4.32. The Hall–Kier alpha value is -1.20. The van der Waals surface area contributed by atoms with E-state index in [1.165, 1.54) is 0 Å². The van der Waals surface area contributed by atoms with Gasteiger partial charge in [0, 0.05) is 6.07 Å². The van der Waals surface area contributed by atoms with Gasteiger partial charge in [-0.3, -0.25) is 4.48 Å². The van der Waals surface area contributed by atoms with Gasteiger partial charge in [-0.05, 0) is 12.1 Å². The van der Waals surface area contributed by atoms with Gasteiger partial charge < -0.3 is 5.11 Å². The number of quaternary nitrogens is 1. The van der Waals surface area contributed by atoms with Crippen molar-refractivity contribution in [3.8, 4) is 0 Å². The second-order valence-corrected chi connectivity index (χ2v) is 5.06. The Morgan fingerprint density at radius 3 is 2.47 bits per heavy atom. The van der Waals surface area contributed by atoms with Gasteiger partial charge in [-0.2, -0.15) is 0 Å². The molecule has 4 nitrogen and oxygen atoms in total. The molecule has 0 aliphatic heterocycles. The van der Waals surface area contributed by atoms with Crippen LogP contribution >= 0.6 is 23.2 Å². The number of rotatable bonds is 4. The lowest BCUT2D eigenvalue weighted by Crippen LogP contribution is -2.42. The van der Waals surface area contributed by atoms with Crippen LogP contribution in [0.5, 0.6) is 0 Å². The fraction of sp³-hybridized carbons (Fsp3) is 0.231. The van der Waals surface area contributed by atoms with Crippen molar-refractivity contribution in [1.82, 2.24) is 14.7 Å². The van der Waals surface area contributed by atoms with Gasteiger partial charge in [-0.1, -0.05) is 41.4 Å². The summed E-state index contributed by atoms with van der Waals surface area (Å²) >= 11 is 12.0. The monoisotopic (exact) mass is 298 g/mol. The maximum absolute atomic E-state index is 9.36. The van der Waals surface area contributed by atoms with Crippen molar-refractivity contribution in [2.45, 2.75) is 0 Å². The minimum Gasteiger partial charge on any atom is -0.390 e. The number of para-hydroxylation sites is 1. The minimum absolute atomic E-state index is 0.0155. The lowest BCUT2D eigenvalue weighted by Gasteiger charge is -2.33. The van der Waals surface area contributed by atoms with Crippen LogP contribution in [0.4, 0.5) is 11.4 Å². The molecule has 0 amide bonds. The van der Waals surface area contributed by atoms with Crippen LogP contribution < -0.4 is 4.48 Å². The van der Waals surface area contributed by atoms with Gasteiger partial charge in [0.05, 0.1) is 13.7 Å². The highest BCUT2D eigenvalue weighted by Gasteiger charge is 2.31. The molecule has 6 heteroatoms. The van der Waals surface area contributed by atoms with Crippen LogP contribution in [0.1, 0.15) is 0 Å². The highest BCUT2D eigenvalue weighted by atomic mass is 35.5. The van der Waals surface area contributed by atoms with E-state index < -0.39 is 0 Å². The first-order valence-corrected chi connectivity index (χ1v) is 6.55. The molecule has 0 saturated carbocycles. The van der Waals surface area contributed by atoms with Gasteiger partial charge in [0.15, 0.2) is 10.8 Å². The number of hydrogen-bond acceptors (Lipinski definition) is 3. The Morgan fingerprint density at radius 2 is 1.84 bits per heavy atom. The summed E-state index contributed by atoms with van der Waals surface area (Å²) in [6, 6.07) is 11.4. The number of benzene rings is 1. The van der Waals surface area contributed by atoms with Crippen molar-refractivity contribution in [2.24, 2.45) is 0 Å². The topological polar surface area (TPSA) is 46.0 Å². The van der Waals surface area contributed by atoms with Crippen molar-refractivity contribution >= 4 is 34.6 Å². The molecule has 1 N–H and O–H groups in total. The molecule has 1 unspecified atom stereocenters. The minimum atomic E-state index is 0.0155. The highest BCUT2D eigenvalue weighted by Crippen LogP contribution is 2.37. The van der Waals surface area contributed by atoms with Crippen molar-refractivity contribution in [2.75, 3.05) is 20.2 Å². The molecule has 2 aromatic rings. The zero-order valence-corrected chi connectivity index (χ0v) is 11.9. The normalized spacial score (nSPS) is 14.1. The predicted octanol–water partition coefficient (Wildman–Crippen LogP) is 3.04. The second kappa shape index (κ2) is 5.84. The highest BCUT2D eigenvalue weighted by molar-refractivity contribution is 6.33. The van der Waals surface area contributed by atoms with Gasteiger partial charge in [-0.25, -0.2) is 0 Å². The molecule has 1 aromatic heterocycles. The van der Waals surface area contributed by atoms with E-state index in [-0.39, 0.29) is 16.9 Å². The average molecular weight is 299 g/mol. The van der Waals surface area contributed by atoms with E-state index in [1.807, 2.05) is 37.4 Å². The number of hydrogen-bond donors (Lipinski definition) is 1. The first-order chi connectivity index (χ1) is 9.08. The SMILES string of the molecule is C[N+](CCO)(c1ccccc1)c1cc(Cl)nnc1Cl. The van der Waals surface area contributed by atoms with Gasteiger partial charge >= 0.3 is 0 Å². The number of halogens is 2. The fourth-order valence-corrected chi connectivity index (χ4v) is 2.46. The molecule has 0 aliphatic carbocycles. The molecule has 0 aliphatic rings. The van der Waals surface area contributed by atoms with Crippen LogP contribution in [0.15, 0.2) is 36.4 Å². The summed E-state index contributed by atoms with van der Waals surface area (Å²) in [5.41, 5.74) is 1.70. The summed E-state index contributed by atoms with van der Waals surface area (Å²) in [6.07, 6.45) is 0. The zero-order chi connectivity index (χ0) is 13.9. The molecular formula is C13H14Cl2N3O+. The van der Waals surface area contributed by atoms with Crippen LogP contribution in [0.3, 0.4) is 0 Å². The van der Waals surface area contributed by atoms with Crippen LogP contribution in [0.2, 0.25) is 10.3 Å². The van der Waals surface area contributed by atoms with E-state index in [9.17, 15) is 5.11 Å². The van der Waals surface area contributed by atoms with E-state index in [0.717, 1.165) is 5.69 Å². The lowest BCUT2D eigenvalue weighted by atomic mass is 10.2. The smallest absolute Gasteiger partial charge is 0.213 e. The number of likely N-dealkylation sites (N-methyl/N-ethyl adjacent to an activating group) is 1. The molecule has 0 radical (unpaired) electrons. The van der Waals surface area contributed by atoms with E-state index in [0.29, 0.717) is 16.7 Å². The molecule has 1 heterocycles.